The van der Waals surface area contributed by atoms with Crippen molar-refractivity contribution in [3.8, 4) is 11.1 Å². The molecule has 10 rings (SSSR count). The zero-order valence-electron chi connectivity index (χ0n) is 51.0. The van der Waals surface area contributed by atoms with Crippen LogP contribution in [0.1, 0.15) is 235 Å². The summed E-state index contributed by atoms with van der Waals surface area (Å²) in [6, 6.07) is 40.2. The van der Waals surface area contributed by atoms with Gasteiger partial charge in [-0.1, -0.05) is 208 Å². The van der Waals surface area contributed by atoms with E-state index >= 15 is 0 Å². The average Bonchev–Trinajstić information content (AvgIpc) is 3.29. The number of hydrogen-bond donors (Lipinski definition) is 0. The quantitative estimate of drug-likeness (QED) is 0.163. The third kappa shape index (κ3) is 8.76. The molecule has 2 heterocycles. The molecule has 6 aromatic rings. The zero-order chi connectivity index (χ0) is 54.9. The Labute approximate surface area is 456 Å². The minimum absolute atomic E-state index is 0.00831. The van der Waals surface area contributed by atoms with Crippen LogP contribution in [0.25, 0.3) is 11.1 Å². The second kappa shape index (κ2) is 16.7. The number of nitrogens with zero attached hydrogens (tertiary/aromatic N) is 2. The van der Waals surface area contributed by atoms with Gasteiger partial charge in [-0.2, -0.15) is 0 Å². The Kier molecular flexibility index (Phi) is 11.9. The molecule has 0 spiro atoms. The molecule has 0 amide bonds. The zero-order valence-corrected chi connectivity index (χ0v) is 51.0. The van der Waals surface area contributed by atoms with Crippen molar-refractivity contribution in [2.75, 3.05) is 9.80 Å². The van der Waals surface area contributed by atoms with Gasteiger partial charge in [0.2, 0.25) is 0 Å². The first-order valence-corrected chi connectivity index (χ1v) is 28.9. The highest BCUT2D eigenvalue weighted by molar-refractivity contribution is 7.00. The maximum atomic E-state index is 2.78. The van der Waals surface area contributed by atoms with Crippen LogP contribution in [0.5, 0.6) is 0 Å². The Balaban J connectivity index is 1.41. The second-order valence-electron chi connectivity index (χ2n) is 31.7. The molecule has 0 bridgehead atoms. The lowest BCUT2D eigenvalue weighted by molar-refractivity contribution is 0.314. The summed E-state index contributed by atoms with van der Waals surface area (Å²) in [6.45, 7) is 56.1. The molecule has 3 heteroatoms. The molecule has 2 aliphatic heterocycles. The largest absolute Gasteiger partial charge is 0.311 e. The first-order valence-electron chi connectivity index (χ1n) is 28.9. The standard InChI is InChI=1S/C72H93BN2/c1-64(2,3)44-24-29-49(30-25-44)74-56-32-27-46(66(7,8)9)39-53(56)73-54-40-47(67(10,11)12)28-33-57(54)75(59-42-48(68(13,14)15)41-58(74)63(59)73)55-31-26-45(65(4,5)6)38-50(55)60-61-51(69(16,17)34-36-71(61,20)21)43-52-62(60)72(22,23)37-35-70(52,18)19/h24-33,38-43H,34-37H2,1-23H3. The lowest BCUT2D eigenvalue weighted by Crippen LogP contribution is -2.62. The highest BCUT2D eigenvalue weighted by Gasteiger charge is 2.49. The van der Waals surface area contributed by atoms with Crippen LogP contribution in [-0.2, 0) is 48.7 Å². The van der Waals surface area contributed by atoms with Crippen LogP contribution in [0.3, 0.4) is 0 Å². The third-order valence-electron chi connectivity index (χ3n) is 18.9. The van der Waals surface area contributed by atoms with Gasteiger partial charge in [0.15, 0.2) is 0 Å². The van der Waals surface area contributed by atoms with E-state index in [2.05, 4.69) is 266 Å². The van der Waals surface area contributed by atoms with Crippen LogP contribution >= 0.6 is 0 Å². The number of benzene rings is 6. The van der Waals surface area contributed by atoms with Crippen LogP contribution in [0.15, 0.2) is 97.1 Å². The molecule has 0 saturated heterocycles. The van der Waals surface area contributed by atoms with Crippen molar-refractivity contribution in [3.05, 3.63) is 147 Å². The number of hydrogen-bond acceptors (Lipinski definition) is 2. The molecule has 75 heavy (non-hydrogen) atoms. The van der Waals surface area contributed by atoms with E-state index in [9.17, 15) is 0 Å². The molecule has 0 N–H and O–H groups in total. The molecule has 0 aromatic heterocycles. The van der Waals surface area contributed by atoms with E-state index in [0.717, 1.165) is 12.8 Å². The smallest absolute Gasteiger partial charge is 0.252 e. The summed E-state index contributed by atoms with van der Waals surface area (Å²) in [5.41, 5.74) is 27.5. The summed E-state index contributed by atoms with van der Waals surface area (Å²) in [7, 11) is 0. The van der Waals surface area contributed by atoms with Crippen molar-refractivity contribution in [3.63, 3.8) is 0 Å². The fourth-order valence-corrected chi connectivity index (χ4v) is 13.6. The van der Waals surface area contributed by atoms with Gasteiger partial charge in [-0.25, -0.2) is 0 Å². The monoisotopic (exact) mass is 997 g/mol. The molecule has 0 radical (unpaired) electrons. The van der Waals surface area contributed by atoms with E-state index < -0.39 is 0 Å². The average molecular weight is 997 g/mol. The third-order valence-corrected chi connectivity index (χ3v) is 18.9. The Morgan fingerprint density at radius 3 is 1.13 bits per heavy atom. The van der Waals surface area contributed by atoms with Gasteiger partial charge in [0.1, 0.15) is 0 Å². The van der Waals surface area contributed by atoms with Crippen LogP contribution < -0.4 is 26.2 Å². The van der Waals surface area contributed by atoms with Gasteiger partial charge in [-0.3, -0.25) is 0 Å². The molecule has 6 aromatic carbocycles. The van der Waals surface area contributed by atoms with Crippen molar-refractivity contribution in [2.45, 2.75) is 234 Å². The second-order valence-corrected chi connectivity index (χ2v) is 31.7. The molecule has 0 fully saturated rings. The van der Waals surface area contributed by atoms with Gasteiger partial charge in [0.25, 0.3) is 6.71 Å². The summed E-state index contributed by atoms with van der Waals surface area (Å²) in [5.74, 6) is 0. The first kappa shape index (κ1) is 53.4. The van der Waals surface area contributed by atoms with Crippen LogP contribution in [0, 0.1) is 0 Å². The van der Waals surface area contributed by atoms with Crippen molar-refractivity contribution >= 4 is 57.2 Å². The Hall–Kier alpha value is -5.02. The normalized spacial score (nSPS) is 18.5. The SMILES string of the molecule is CC(C)(C)c1ccc(N2c3ccc(C(C)(C)C)cc3B3c4cc(C(C)(C)C)ccc4N(c4ccc(C(C)(C)C)cc4-c4c5c(cc6c4C(C)(C)CCC6(C)C)C(C)(C)CCC5(C)C)c4cc(C(C)(C)C)cc2c43)cc1. The minimum Gasteiger partial charge on any atom is -0.311 e. The molecule has 2 nitrogen and oxygen atoms in total. The van der Waals surface area contributed by atoms with Gasteiger partial charge >= 0.3 is 0 Å². The Bertz CT molecular complexity index is 3230. The van der Waals surface area contributed by atoms with E-state index in [1.54, 1.807) is 22.3 Å². The lowest BCUT2D eigenvalue weighted by Gasteiger charge is -2.50. The van der Waals surface area contributed by atoms with E-state index in [-0.39, 0.29) is 55.4 Å². The Morgan fingerprint density at radius 1 is 0.347 bits per heavy atom. The molecule has 0 atom stereocenters. The fourth-order valence-electron chi connectivity index (χ4n) is 13.6. The maximum absolute atomic E-state index is 2.78. The van der Waals surface area contributed by atoms with Gasteiger partial charge < -0.3 is 9.80 Å². The van der Waals surface area contributed by atoms with Crippen molar-refractivity contribution in [2.24, 2.45) is 0 Å². The molecule has 0 saturated carbocycles. The number of fused-ring (bicyclic) bond motifs is 6. The number of rotatable bonds is 3. The maximum Gasteiger partial charge on any atom is 0.252 e. The van der Waals surface area contributed by atoms with Crippen molar-refractivity contribution in [1.29, 1.82) is 0 Å². The van der Waals surface area contributed by atoms with Gasteiger partial charge in [0, 0.05) is 34.0 Å². The summed E-state index contributed by atoms with van der Waals surface area (Å²) < 4.78 is 0. The molecule has 4 aliphatic rings. The molecule has 0 unspecified atom stereocenters. The minimum atomic E-state index is -0.136. The summed E-state index contributed by atoms with van der Waals surface area (Å²) in [4.78, 5) is 5.42. The van der Waals surface area contributed by atoms with E-state index in [1.807, 2.05) is 0 Å². The van der Waals surface area contributed by atoms with E-state index in [4.69, 9.17) is 0 Å². The molecule has 2 aliphatic carbocycles. The molecular weight excluding hydrogens is 904 g/mol. The van der Waals surface area contributed by atoms with Crippen LogP contribution in [0.4, 0.5) is 34.1 Å². The first-order chi connectivity index (χ1) is 34.3. The van der Waals surface area contributed by atoms with Gasteiger partial charge in [0.05, 0.1) is 5.69 Å². The van der Waals surface area contributed by atoms with Crippen LogP contribution in [-0.4, -0.2) is 6.71 Å². The lowest BCUT2D eigenvalue weighted by atomic mass is 9.33. The van der Waals surface area contributed by atoms with E-state index in [1.165, 1.54) is 102 Å². The predicted octanol–water partition coefficient (Wildman–Crippen LogP) is 18.6. The van der Waals surface area contributed by atoms with Crippen molar-refractivity contribution in [1.82, 2.24) is 0 Å². The Morgan fingerprint density at radius 2 is 0.707 bits per heavy atom. The predicted molar refractivity (Wildman–Crippen MR) is 330 cm³/mol. The number of anilines is 6. The fraction of sp³-hybridized carbons (Fsp3) is 0.500. The molecular formula is C72H93BN2. The summed E-state index contributed by atoms with van der Waals surface area (Å²) in [6.07, 6.45) is 4.68. The van der Waals surface area contributed by atoms with E-state index in [0.29, 0.717) is 0 Å². The summed E-state index contributed by atoms with van der Waals surface area (Å²) in [5, 5.41) is 0. The highest BCUT2D eigenvalue weighted by Crippen LogP contribution is 2.60. The summed E-state index contributed by atoms with van der Waals surface area (Å²) >= 11 is 0. The topological polar surface area (TPSA) is 6.48 Å². The van der Waals surface area contributed by atoms with Gasteiger partial charge in [-0.15, -0.1) is 0 Å². The van der Waals surface area contributed by atoms with Crippen molar-refractivity contribution < 1.29 is 0 Å². The molecule has 394 valence electrons. The highest BCUT2D eigenvalue weighted by atomic mass is 15.2. The van der Waals surface area contributed by atoms with Crippen LogP contribution in [0.2, 0.25) is 0 Å². The van der Waals surface area contributed by atoms with Gasteiger partial charge in [-0.05, 0) is 195 Å².